The topological polar surface area (TPSA) is 109 Å². The molecule has 9 nitrogen and oxygen atoms in total. The van der Waals surface area contributed by atoms with Gasteiger partial charge in [0.2, 0.25) is 11.8 Å². The fourth-order valence-corrected chi connectivity index (χ4v) is 4.12. The van der Waals surface area contributed by atoms with E-state index in [4.69, 9.17) is 9.47 Å². The number of carbonyl (C=O) groups is 2. The lowest BCUT2D eigenvalue weighted by atomic mass is 9.97. The summed E-state index contributed by atoms with van der Waals surface area (Å²) >= 11 is 0. The zero-order valence-corrected chi connectivity index (χ0v) is 17.8. The maximum absolute atomic E-state index is 12.8. The van der Waals surface area contributed by atoms with Gasteiger partial charge in [-0.25, -0.2) is 4.98 Å². The first kappa shape index (κ1) is 21.5. The molecule has 2 saturated heterocycles. The summed E-state index contributed by atoms with van der Waals surface area (Å²) in [7, 11) is 0. The Bertz CT molecular complexity index is 881. The number of hydrogen-bond acceptors (Lipinski definition) is 6. The minimum Gasteiger partial charge on any atom is -0.381 e. The number of ether oxygens (including phenoxy) is 2. The molecular formula is C22H29N5O4. The number of H-pyrrole nitrogens is 1. The average Bonchev–Trinajstić information content (AvgIpc) is 3.41. The molecule has 166 valence electrons. The number of hydrogen-bond donors (Lipinski definition) is 2. The van der Waals surface area contributed by atoms with E-state index in [0.717, 1.165) is 18.4 Å². The van der Waals surface area contributed by atoms with Gasteiger partial charge in [-0.05, 0) is 25.3 Å². The minimum atomic E-state index is -0.233. The largest absolute Gasteiger partial charge is 0.381 e. The molecule has 0 radical (unpaired) electrons. The molecule has 1 aromatic heterocycles. The summed E-state index contributed by atoms with van der Waals surface area (Å²) in [5, 5.41) is 10.3. The molecule has 2 fully saturated rings. The molecule has 2 aliphatic rings. The number of carbonyl (C=O) groups excluding carboxylic acids is 2. The number of aromatic nitrogens is 3. The molecule has 1 aromatic carbocycles. The Hall–Kier alpha value is -2.78. The monoisotopic (exact) mass is 427 g/mol. The second kappa shape index (κ2) is 10.0. The number of nitrogens with zero attached hydrogens (tertiary/aromatic N) is 3. The Kier molecular flexibility index (Phi) is 6.93. The lowest BCUT2D eigenvalue weighted by Crippen LogP contribution is -2.44. The molecule has 0 unspecified atom stereocenters. The first-order valence-electron chi connectivity index (χ1n) is 10.8. The van der Waals surface area contributed by atoms with Crippen molar-refractivity contribution >= 4 is 11.8 Å². The van der Waals surface area contributed by atoms with Gasteiger partial charge in [0.25, 0.3) is 0 Å². The van der Waals surface area contributed by atoms with E-state index in [9.17, 15) is 9.59 Å². The molecule has 31 heavy (non-hydrogen) atoms. The van der Waals surface area contributed by atoms with Crippen LogP contribution >= 0.6 is 0 Å². The molecule has 9 heteroatoms. The number of rotatable bonds is 7. The van der Waals surface area contributed by atoms with E-state index >= 15 is 0 Å². The molecule has 2 atom stereocenters. The van der Waals surface area contributed by atoms with Crippen molar-refractivity contribution in [2.75, 3.05) is 32.9 Å². The Labute approximate surface area is 181 Å². The van der Waals surface area contributed by atoms with Crippen LogP contribution in [0.25, 0.3) is 0 Å². The van der Waals surface area contributed by atoms with Gasteiger partial charge in [-0.2, -0.15) is 5.10 Å². The van der Waals surface area contributed by atoms with Crippen LogP contribution in [0.5, 0.6) is 0 Å². The van der Waals surface area contributed by atoms with Gasteiger partial charge in [-0.15, -0.1) is 0 Å². The summed E-state index contributed by atoms with van der Waals surface area (Å²) in [6, 6.07) is 9.52. The fraction of sp³-hybridized carbons (Fsp3) is 0.545. The van der Waals surface area contributed by atoms with Crippen molar-refractivity contribution in [3.05, 3.63) is 47.5 Å². The molecule has 2 aliphatic heterocycles. The van der Waals surface area contributed by atoms with Crippen LogP contribution in [0.1, 0.15) is 36.0 Å². The number of benzene rings is 1. The van der Waals surface area contributed by atoms with Gasteiger partial charge < -0.3 is 19.7 Å². The average molecular weight is 428 g/mol. The number of aromatic amines is 1. The van der Waals surface area contributed by atoms with E-state index < -0.39 is 0 Å². The van der Waals surface area contributed by atoms with Crippen molar-refractivity contribution in [2.24, 2.45) is 5.92 Å². The maximum Gasteiger partial charge on any atom is 0.248 e. The first-order chi connectivity index (χ1) is 15.1. The fourth-order valence-electron chi connectivity index (χ4n) is 4.12. The highest BCUT2D eigenvalue weighted by molar-refractivity contribution is 5.80. The third-order valence-electron chi connectivity index (χ3n) is 5.88. The van der Waals surface area contributed by atoms with Crippen LogP contribution in [0, 0.1) is 12.8 Å². The molecule has 0 spiro atoms. The van der Waals surface area contributed by atoms with Crippen LogP contribution in [0.4, 0.5) is 0 Å². The molecular weight excluding hydrogens is 398 g/mol. The van der Waals surface area contributed by atoms with Crippen LogP contribution < -0.4 is 5.32 Å². The minimum absolute atomic E-state index is 0.00470. The highest BCUT2D eigenvalue weighted by Crippen LogP contribution is 2.27. The van der Waals surface area contributed by atoms with Gasteiger partial charge in [0, 0.05) is 32.2 Å². The SMILES string of the molecule is Cc1nc([C@@H]2CN(C(=O)COCc3ccccc3)C[C@H]2NC(=O)C2CCOCC2)n[nH]1. The summed E-state index contributed by atoms with van der Waals surface area (Å²) in [4.78, 5) is 31.8. The first-order valence-corrected chi connectivity index (χ1v) is 10.8. The van der Waals surface area contributed by atoms with Crippen molar-refractivity contribution < 1.29 is 19.1 Å². The van der Waals surface area contributed by atoms with Crippen molar-refractivity contribution in [3.63, 3.8) is 0 Å². The molecule has 0 bridgehead atoms. The normalized spacial score (nSPS) is 21.9. The second-order valence-corrected chi connectivity index (χ2v) is 8.16. The molecule has 4 rings (SSSR count). The van der Waals surface area contributed by atoms with E-state index in [-0.39, 0.29) is 36.3 Å². The predicted molar refractivity (Wildman–Crippen MR) is 112 cm³/mol. The molecule has 0 aliphatic carbocycles. The van der Waals surface area contributed by atoms with Crippen LogP contribution in [0.15, 0.2) is 30.3 Å². The number of nitrogens with one attached hydrogen (secondary N) is 2. The van der Waals surface area contributed by atoms with Crippen LogP contribution in [0.2, 0.25) is 0 Å². The summed E-state index contributed by atoms with van der Waals surface area (Å²) in [6.07, 6.45) is 1.44. The summed E-state index contributed by atoms with van der Waals surface area (Å²) in [6.45, 7) is 4.29. The van der Waals surface area contributed by atoms with E-state index in [1.807, 2.05) is 37.3 Å². The quantitative estimate of drug-likeness (QED) is 0.687. The van der Waals surface area contributed by atoms with Gasteiger partial charge in [0.1, 0.15) is 12.4 Å². The highest BCUT2D eigenvalue weighted by Gasteiger charge is 2.40. The molecule has 2 N–H and O–H groups in total. The number of aryl methyl sites for hydroxylation is 1. The van der Waals surface area contributed by atoms with Crippen LogP contribution in [-0.4, -0.2) is 70.8 Å². The van der Waals surface area contributed by atoms with Gasteiger partial charge in [0.05, 0.1) is 18.6 Å². The maximum atomic E-state index is 12.8. The summed E-state index contributed by atoms with van der Waals surface area (Å²) in [5.74, 6) is 1.03. The van der Waals surface area contributed by atoms with E-state index in [2.05, 4.69) is 20.5 Å². The third kappa shape index (κ3) is 5.48. The Morgan fingerprint density at radius 2 is 2.00 bits per heavy atom. The van der Waals surface area contributed by atoms with E-state index in [1.165, 1.54) is 0 Å². The lowest BCUT2D eigenvalue weighted by molar-refractivity contribution is -0.136. The van der Waals surface area contributed by atoms with Crippen molar-refractivity contribution in [2.45, 2.75) is 38.3 Å². The number of likely N-dealkylation sites (tertiary alicyclic amines) is 1. The van der Waals surface area contributed by atoms with E-state index in [1.54, 1.807) is 4.90 Å². The van der Waals surface area contributed by atoms with Gasteiger partial charge in [0.15, 0.2) is 5.82 Å². The predicted octanol–water partition coefficient (Wildman–Crippen LogP) is 1.17. The third-order valence-corrected chi connectivity index (χ3v) is 5.88. The highest BCUT2D eigenvalue weighted by atomic mass is 16.5. The van der Waals surface area contributed by atoms with Gasteiger partial charge in [-0.1, -0.05) is 30.3 Å². The molecule has 3 heterocycles. The molecule has 2 amide bonds. The molecule has 2 aromatic rings. The standard InChI is InChI=1S/C22H29N5O4/c1-15-23-21(26-25-15)18-11-27(20(28)14-31-13-16-5-3-2-4-6-16)12-19(18)24-22(29)17-7-9-30-10-8-17/h2-6,17-19H,7-14H2,1H3,(H,24,29)(H,23,25,26)/t18-,19-/m1/s1. The summed E-state index contributed by atoms with van der Waals surface area (Å²) in [5.41, 5.74) is 1.02. The van der Waals surface area contributed by atoms with Crippen LogP contribution in [-0.2, 0) is 25.7 Å². The van der Waals surface area contributed by atoms with Crippen molar-refractivity contribution in [1.82, 2.24) is 25.4 Å². The van der Waals surface area contributed by atoms with E-state index in [0.29, 0.717) is 44.6 Å². The summed E-state index contributed by atoms with van der Waals surface area (Å²) < 4.78 is 11.0. The van der Waals surface area contributed by atoms with Crippen LogP contribution in [0.3, 0.4) is 0 Å². The Morgan fingerprint density at radius 3 is 2.71 bits per heavy atom. The smallest absolute Gasteiger partial charge is 0.248 e. The lowest BCUT2D eigenvalue weighted by Gasteiger charge is -2.24. The van der Waals surface area contributed by atoms with Gasteiger partial charge >= 0.3 is 0 Å². The van der Waals surface area contributed by atoms with Crippen molar-refractivity contribution in [3.8, 4) is 0 Å². The number of amides is 2. The Balaban J connectivity index is 1.37. The molecule has 0 saturated carbocycles. The van der Waals surface area contributed by atoms with Gasteiger partial charge in [-0.3, -0.25) is 14.7 Å². The zero-order chi connectivity index (χ0) is 21.6. The van der Waals surface area contributed by atoms with Crippen molar-refractivity contribution in [1.29, 1.82) is 0 Å². The zero-order valence-electron chi connectivity index (χ0n) is 17.8. The Morgan fingerprint density at radius 1 is 1.23 bits per heavy atom. The second-order valence-electron chi connectivity index (χ2n) is 8.16.